The fourth-order valence-corrected chi connectivity index (χ4v) is 1.10. The Kier molecular flexibility index (Phi) is 1.84. The molecule has 0 amide bonds. The van der Waals surface area contributed by atoms with E-state index in [1.54, 1.807) is 7.11 Å². The minimum Gasteiger partial charge on any atom is -0.381 e. The van der Waals surface area contributed by atoms with E-state index in [1.807, 2.05) is 0 Å². The van der Waals surface area contributed by atoms with Crippen molar-refractivity contribution in [1.82, 2.24) is 0 Å². The number of ether oxygens (including phenoxy) is 1. The first-order valence-corrected chi connectivity index (χ1v) is 3.00. The molecular formula is C6H11FO. The lowest BCUT2D eigenvalue weighted by molar-refractivity contribution is 0.102. The molecular weight excluding hydrogens is 107 g/mol. The molecule has 0 aromatic carbocycles. The summed E-state index contributed by atoms with van der Waals surface area (Å²) in [5.74, 6) is 0. The summed E-state index contributed by atoms with van der Waals surface area (Å²) in [4.78, 5) is 0. The van der Waals surface area contributed by atoms with Gasteiger partial charge in [-0.25, -0.2) is 4.39 Å². The summed E-state index contributed by atoms with van der Waals surface area (Å²) in [6.07, 6.45) is 1.80. The van der Waals surface area contributed by atoms with Crippen molar-refractivity contribution in [3.63, 3.8) is 0 Å². The maximum atomic E-state index is 12.3. The first-order valence-electron chi connectivity index (χ1n) is 3.00. The Labute approximate surface area is 48.8 Å². The van der Waals surface area contributed by atoms with Crippen LogP contribution >= 0.6 is 0 Å². The van der Waals surface area contributed by atoms with Gasteiger partial charge in [0, 0.05) is 13.5 Å². The minimum absolute atomic E-state index is 0.199. The van der Waals surface area contributed by atoms with E-state index < -0.39 is 6.17 Å². The van der Waals surface area contributed by atoms with Gasteiger partial charge in [-0.15, -0.1) is 0 Å². The number of methoxy groups -OCH3 is 1. The molecule has 1 aliphatic carbocycles. The Morgan fingerprint density at radius 1 is 1.50 bits per heavy atom. The van der Waals surface area contributed by atoms with Gasteiger partial charge in [-0.1, -0.05) is 0 Å². The van der Waals surface area contributed by atoms with E-state index in [9.17, 15) is 4.39 Å². The molecule has 0 aromatic heterocycles. The summed E-state index contributed by atoms with van der Waals surface area (Å²) >= 11 is 0. The van der Waals surface area contributed by atoms with Crippen molar-refractivity contribution in [2.24, 2.45) is 0 Å². The second-order valence-electron chi connectivity index (χ2n) is 2.27. The standard InChI is InChI=1S/C6H11FO/c1-8-6-3-2-5(7)4-6/h5-6H,2-4H2,1H3. The van der Waals surface area contributed by atoms with Crippen molar-refractivity contribution in [1.29, 1.82) is 0 Å². The Hall–Kier alpha value is -0.110. The molecule has 0 heterocycles. The average Bonchev–Trinajstić information content (AvgIpc) is 2.14. The molecule has 0 radical (unpaired) electrons. The van der Waals surface area contributed by atoms with Crippen LogP contribution in [0.15, 0.2) is 0 Å². The number of hydrogen-bond donors (Lipinski definition) is 0. The number of rotatable bonds is 1. The molecule has 1 rings (SSSR count). The lowest BCUT2D eigenvalue weighted by Crippen LogP contribution is -2.04. The van der Waals surface area contributed by atoms with E-state index in [1.165, 1.54) is 0 Å². The summed E-state index contributed by atoms with van der Waals surface area (Å²) in [6, 6.07) is 0. The fourth-order valence-electron chi connectivity index (χ4n) is 1.10. The Morgan fingerprint density at radius 2 is 2.25 bits per heavy atom. The number of hydrogen-bond acceptors (Lipinski definition) is 1. The molecule has 0 bridgehead atoms. The largest absolute Gasteiger partial charge is 0.381 e. The van der Waals surface area contributed by atoms with E-state index in [2.05, 4.69) is 0 Å². The molecule has 1 fully saturated rings. The van der Waals surface area contributed by atoms with Gasteiger partial charge in [0.15, 0.2) is 0 Å². The summed E-state index contributed by atoms with van der Waals surface area (Å²) in [5.41, 5.74) is 0. The lowest BCUT2D eigenvalue weighted by Gasteiger charge is -2.02. The highest BCUT2D eigenvalue weighted by Gasteiger charge is 2.23. The molecule has 48 valence electrons. The van der Waals surface area contributed by atoms with Gasteiger partial charge in [0.05, 0.1) is 6.10 Å². The van der Waals surface area contributed by atoms with Gasteiger partial charge in [-0.3, -0.25) is 0 Å². The van der Waals surface area contributed by atoms with Crippen LogP contribution in [0, 0.1) is 0 Å². The van der Waals surface area contributed by atoms with Crippen LogP contribution in [0.2, 0.25) is 0 Å². The van der Waals surface area contributed by atoms with Crippen LogP contribution in [0.5, 0.6) is 0 Å². The van der Waals surface area contributed by atoms with Crippen LogP contribution in [0.25, 0.3) is 0 Å². The molecule has 2 heteroatoms. The number of halogens is 1. The van der Waals surface area contributed by atoms with Crippen molar-refractivity contribution in [2.45, 2.75) is 31.5 Å². The molecule has 1 aliphatic rings. The van der Waals surface area contributed by atoms with Crippen LogP contribution in [0.4, 0.5) is 4.39 Å². The third-order valence-corrected chi connectivity index (χ3v) is 1.65. The number of alkyl halides is 1. The van der Waals surface area contributed by atoms with Crippen molar-refractivity contribution in [3.8, 4) is 0 Å². The van der Waals surface area contributed by atoms with Gasteiger partial charge >= 0.3 is 0 Å². The van der Waals surface area contributed by atoms with Crippen molar-refractivity contribution >= 4 is 0 Å². The fraction of sp³-hybridized carbons (Fsp3) is 1.00. The van der Waals surface area contributed by atoms with E-state index in [-0.39, 0.29) is 6.10 Å². The van der Waals surface area contributed by atoms with Gasteiger partial charge in [0.2, 0.25) is 0 Å². The summed E-state index contributed by atoms with van der Waals surface area (Å²) in [5, 5.41) is 0. The van der Waals surface area contributed by atoms with Gasteiger partial charge in [0.1, 0.15) is 6.17 Å². The highest BCUT2D eigenvalue weighted by atomic mass is 19.1. The zero-order valence-corrected chi connectivity index (χ0v) is 5.06. The lowest BCUT2D eigenvalue weighted by atomic mass is 10.3. The molecule has 0 N–H and O–H groups in total. The zero-order chi connectivity index (χ0) is 5.98. The normalized spacial score (nSPS) is 38.2. The third-order valence-electron chi connectivity index (χ3n) is 1.65. The highest BCUT2D eigenvalue weighted by Crippen LogP contribution is 2.23. The van der Waals surface area contributed by atoms with Gasteiger partial charge < -0.3 is 4.74 Å². The van der Waals surface area contributed by atoms with Crippen molar-refractivity contribution < 1.29 is 9.13 Å². The summed E-state index contributed by atoms with van der Waals surface area (Å²) in [6.45, 7) is 0. The summed E-state index contributed by atoms with van der Waals surface area (Å²) < 4.78 is 17.2. The first kappa shape index (κ1) is 6.02. The molecule has 0 saturated heterocycles. The van der Waals surface area contributed by atoms with Gasteiger partial charge in [-0.05, 0) is 12.8 Å². The minimum atomic E-state index is -0.597. The van der Waals surface area contributed by atoms with Crippen LogP contribution in [0.1, 0.15) is 19.3 Å². The van der Waals surface area contributed by atoms with Gasteiger partial charge in [-0.2, -0.15) is 0 Å². The SMILES string of the molecule is COC1CCC(F)C1. The third kappa shape index (κ3) is 1.19. The van der Waals surface area contributed by atoms with E-state index in [0.717, 1.165) is 6.42 Å². The molecule has 2 atom stereocenters. The van der Waals surface area contributed by atoms with Crippen LogP contribution in [-0.2, 0) is 4.74 Å². The second-order valence-corrected chi connectivity index (χ2v) is 2.27. The van der Waals surface area contributed by atoms with Gasteiger partial charge in [0.25, 0.3) is 0 Å². The Morgan fingerprint density at radius 3 is 2.50 bits per heavy atom. The molecule has 0 aromatic rings. The van der Waals surface area contributed by atoms with Crippen LogP contribution < -0.4 is 0 Å². The molecule has 0 spiro atoms. The molecule has 2 unspecified atom stereocenters. The predicted octanol–water partition coefficient (Wildman–Crippen LogP) is 1.52. The molecule has 8 heavy (non-hydrogen) atoms. The molecule has 0 aliphatic heterocycles. The quantitative estimate of drug-likeness (QED) is 0.507. The van der Waals surface area contributed by atoms with Crippen molar-refractivity contribution in [2.75, 3.05) is 7.11 Å². The van der Waals surface area contributed by atoms with Crippen LogP contribution in [0.3, 0.4) is 0 Å². The predicted molar refractivity (Wildman–Crippen MR) is 29.5 cm³/mol. The van der Waals surface area contributed by atoms with Crippen molar-refractivity contribution in [3.05, 3.63) is 0 Å². The zero-order valence-electron chi connectivity index (χ0n) is 5.06. The van der Waals surface area contributed by atoms with E-state index >= 15 is 0 Å². The topological polar surface area (TPSA) is 9.23 Å². The summed E-state index contributed by atoms with van der Waals surface area (Å²) in [7, 11) is 1.64. The Balaban J connectivity index is 2.22. The smallest absolute Gasteiger partial charge is 0.103 e. The Bertz CT molecular complexity index is 74.9. The molecule has 1 saturated carbocycles. The van der Waals surface area contributed by atoms with E-state index in [0.29, 0.717) is 12.8 Å². The monoisotopic (exact) mass is 118 g/mol. The first-order chi connectivity index (χ1) is 3.83. The highest BCUT2D eigenvalue weighted by molar-refractivity contribution is 4.74. The molecule has 1 nitrogen and oxygen atoms in total. The van der Waals surface area contributed by atoms with Crippen LogP contribution in [-0.4, -0.2) is 19.4 Å². The maximum absolute atomic E-state index is 12.3. The second kappa shape index (κ2) is 2.44. The van der Waals surface area contributed by atoms with E-state index in [4.69, 9.17) is 4.74 Å². The average molecular weight is 118 g/mol. The maximum Gasteiger partial charge on any atom is 0.103 e.